The number of rotatable bonds is 7. The highest BCUT2D eigenvalue weighted by Crippen LogP contribution is 2.40. The van der Waals surface area contributed by atoms with Crippen LogP contribution in [0.25, 0.3) is 5.69 Å². The number of amides is 1. The van der Waals surface area contributed by atoms with Gasteiger partial charge in [0.25, 0.3) is 0 Å². The number of ether oxygens (including phenoxy) is 1. The molecule has 0 radical (unpaired) electrons. The van der Waals surface area contributed by atoms with Crippen molar-refractivity contribution in [2.24, 2.45) is 0 Å². The highest BCUT2D eigenvalue weighted by molar-refractivity contribution is 7.98. The number of aromatic nitrogens is 5. The molecule has 0 aliphatic heterocycles. The molecule has 1 N–H and O–H groups in total. The molecule has 0 bridgehead atoms. The molecular formula is C22H28N6O3S. The number of para-hydroxylation sites is 1. The molecule has 2 aromatic heterocycles. The van der Waals surface area contributed by atoms with Crippen molar-refractivity contribution in [2.45, 2.75) is 75.4 Å². The van der Waals surface area contributed by atoms with Gasteiger partial charge >= 0.3 is 6.09 Å². The lowest BCUT2D eigenvalue weighted by molar-refractivity contribution is 0.0465. The summed E-state index contributed by atoms with van der Waals surface area (Å²) in [5.74, 6) is 2.70. The zero-order chi connectivity index (χ0) is 22.9. The lowest BCUT2D eigenvalue weighted by atomic mass is 10.1. The Morgan fingerprint density at radius 1 is 1.19 bits per heavy atom. The Balaban J connectivity index is 1.42. The van der Waals surface area contributed by atoms with E-state index >= 15 is 0 Å². The van der Waals surface area contributed by atoms with E-state index in [0.717, 1.165) is 24.4 Å². The first kappa shape index (κ1) is 22.3. The Kier molecular flexibility index (Phi) is 5.98. The Morgan fingerprint density at radius 2 is 1.91 bits per heavy atom. The van der Waals surface area contributed by atoms with Gasteiger partial charge in [0, 0.05) is 5.92 Å². The van der Waals surface area contributed by atoms with Crippen LogP contribution in [0.3, 0.4) is 0 Å². The third kappa shape index (κ3) is 5.48. The zero-order valence-corrected chi connectivity index (χ0v) is 19.8. The Hall–Kier alpha value is -2.88. The maximum absolute atomic E-state index is 12.1. The number of carbonyl (C=O) groups excluding carboxylic acids is 1. The average molecular weight is 457 g/mol. The number of hydrogen-bond acceptors (Lipinski definition) is 8. The zero-order valence-electron chi connectivity index (χ0n) is 19.0. The predicted octanol–water partition coefficient (Wildman–Crippen LogP) is 4.58. The first-order valence-corrected chi connectivity index (χ1v) is 11.6. The standard InChI is InChI=1S/C22H28N6O3S/c1-21(2,3)30-20(29)25-22(4,5)18-23-16(31-27-18)13-32-19-24-17(14-11-12-14)28(26-19)15-9-7-6-8-10-15/h6-10,14H,11-13H2,1-5H3,(H,25,29). The summed E-state index contributed by atoms with van der Waals surface area (Å²) in [5, 5.41) is 12.2. The van der Waals surface area contributed by atoms with E-state index in [0.29, 0.717) is 28.5 Å². The fourth-order valence-corrected chi connectivity index (χ4v) is 3.71. The van der Waals surface area contributed by atoms with Crippen molar-refractivity contribution in [2.75, 3.05) is 0 Å². The van der Waals surface area contributed by atoms with Crippen LogP contribution in [-0.4, -0.2) is 36.6 Å². The fourth-order valence-electron chi connectivity index (χ4n) is 3.04. The first-order valence-electron chi connectivity index (χ1n) is 10.6. The highest BCUT2D eigenvalue weighted by atomic mass is 32.2. The summed E-state index contributed by atoms with van der Waals surface area (Å²) in [7, 11) is 0. The summed E-state index contributed by atoms with van der Waals surface area (Å²) in [5.41, 5.74) is -0.431. The Labute approximate surface area is 191 Å². The quantitative estimate of drug-likeness (QED) is 0.515. The summed E-state index contributed by atoms with van der Waals surface area (Å²) in [6, 6.07) is 10.0. The SMILES string of the molecule is CC(C)(C)OC(=O)NC(C)(C)c1noc(CSc2nc(C3CC3)n(-c3ccccc3)n2)n1. The molecule has 0 unspecified atom stereocenters. The van der Waals surface area contributed by atoms with E-state index < -0.39 is 17.2 Å². The molecule has 1 aromatic carbocycles. The topological polar surface area (TPSA) is 108 Å². The minimum Gasteiger partial charge on any atom is -0.444 e. The van der Waals surface area contributed by atoms with E-state index in [4.69, 9.17) is 19.3 Å². The molecular weight excluding hydrogens is 428 g/mol. The van der Waals surface area contributed by atoms with Gasteiger partial charge in [0.15, 0.2) is 5.82 Å². The van der Waals surface area contributed by atoms with Crippen LogP contribution in [0.2, 0.25) is 0 Å². The smallest absolute Gasteiger partial charge is 0.408 e. The number of nitrogens with one attached hydrogen (secondary N) is 1. The van der Waals surface area contributed by atoms with E-state index in [2.05, 4.69) is 15.5 Å². The molecule has 0 atom stereocenters. The van der Waals surface area contributed by atoms with Gasteiger partial charge in [0.2, 0.25) is 11.0 Å². The largest absolute Gasteiger partial charge is 0.444 e. The van der Waals surface area contributed by atoms with Gasteiger partial charge in [-0.3, -0.25) is 0 Å². The number of nitrogens with zero attached hydrogens (tertiary/aromatic N) is 5. The molecule has 1 fully saturated rings. The molecule has 1 amide bonds. The van der Waals surface area contributed by atoms with Crippen LogP contribution in [0.15, 0.2) is 40.0 Å². The molecule has 170 valence electrons. The van der Waals surface area contributed by atoms with Crippen LogP contribution >= 0.6 is 11.8 Å². The molecule has 1 saturated carbocycles. The summed E-state index contributed by atoms with van der Waals surface area (Å²) in [6.45, 7) is 9.02. The van der Waals surface area contributed by atoms with Gasteiger partial charge in [0.1, 0.15) is 17.0 Å². The van der Waals surface area contributed by atoms with Crippen LogP contribution in [0.4, 0.5) is 4.79 Å². The minimum absolute atomic E-state index is 0.375. The highest BCUT2D eigenvalue weighted by Gasteiger charge is 2.32. The summed E-state index contributed by atoms with van der Waals surface area (Å²) in [4.78, 5) is 21.3. The maximum atomic E-state index is 12.1. The normalized spacial score (nSPS) is 14.4. The van der Waals surface area contributed by atoms with Gasteiger partial charge < -0.3 is 14.6 Å². The maximum Gasteiger partial charge on any atom is 0.408 e. The fraction of sp³-hybridized carbons (Fsp3) is 0.500. The van der Waals surface area contributed by atoms with Crippen molar-refractivity contribution in [3.63, 3.8) is 0 Å². The van der Waals surface area contributed by atoms with Crippen molar-refractivity contribution in [1.82, 2.24) is 30.2 Å². The van der Waals surface area contributed by atoms with Gasteiger partial charge in [-0.2, -0.15) is 4.98 Å². The second-order valence-electron chi connectivity index (χ2n) is 9.33. The number of carbonyl (C=O) groups is 1. The summed E-state index contributed by atoms with van der Waals surface area (Å²) in [6.07, 6.45) is 1.75. The van der Waals surface area contributed by atoms with E-state index in [-0.39, 0.29) is 0 Å². The third-order valence-corrected chi connectivity index (χ3v) is 5.54. The number of thioether (sulfide) groups is 1. The van der Waals surface area contributed by atoms with Gasteiger partial charge in [-0.1, -0.05) is 35.1 Å². The van der Waals surface area contributed by atoms with Crippen LogP contribution < -0.4 is 5.32 Å². The molecule has 4 rings (SSSR count). The molecule has 0 spiro atoms. The van der Waals surface area contributed by atoms with E-state index in [1.54, 1.807) is 13.8 Å². The Bertz CT molecular complexity index is 1080. The molecule has 0 saturated heterocycles. The van der Waals surface area contributed by atoms with Crippen LogP contribution in [-0.2, 0) is 16.0 Å². The van der Waals surface area contributed by atoms with Gasteiger partial charge in [0.05, 0.1) is 11.4 Å². The molecule has 1 aliphatic rings. The van der Waals surface area contributed by atoms with E-state index in [9.17, 15) is 4.79 Å². The second-order valence-corrected chi connectivity index (χ2v) is 10.3. The second kappa shape index (κ2) is 8.57. The van der Waals surface area contributed by atoms with Crippen molar-refractivity contribution < 1.29 is 14.1 Å². The van der Waals surface area contributed by atoms with Crippen LogP contribution in [0.1, 0.15) is 70.9 Å². The minimum atomic E-state index is -0.846. The average Bonchev–Trinajstić information content (AvgIpc) is 3.27. The lowest BCUT2D eigenvalue weighted by Gasteiger charge is -2.26. The lowest BCUT2D eigenvalue weighted by Crippen LogP contribution is -2.44. The van der Waals surface area contributed by atoms with Crippen molar-refractivity contribution in [3.05, 3.63) is 47.9 Å². The van der Waals surface area contributed by atoms with Crippen LogP contribution in [0, 0.1) is 0 Å². The molecule has 10 heteroatoms. The van der Waals surface area contributed by atoms with Crippen molar-refractivity contribution in [1.29, 1.82) is 0 Å². The van der Waals surface area contributed by atoms with Gasteiger partial charge in [-0.25, -0.2) is 14.5 Å². The van der Waals surface area contributed by atoms with E-state index in [1.807, 2.05) is 55.8 Å². The van der Waals surface area contributed by atoms with Crippen molar-refractivity contribution in [3.8, 4) is 5.69 Å². The Morgan fingerprint density at radius 3 is 2.56 bits per heavy atom. The monoisotopic (exact) mass is 456 g/mol. The van der Waals surface area contributed by atoms with Gasteiger partial charge in [-0.15, -0.1) is 5.10 Å². The third-order valence-electron chi connectivity index (χ3n) is 4.72. The molecule has 2 heterocycles. The summed E-state index contributed by atoms with van der Waals surface area (Å²) < 4.78 is 12.6. The number of benzene rings is 1. The molecule has 3 aromatic rings. The van der Waals surface area contributed by atoms with Crippen LogP contribution in [0.5, 0.6) is 0 Å². The first-order chi connectivity index (χ1) is 15.1. The van der Waals surface area contributed by atoms with Crippen molar-refractivity contribution >= 4 is 17.9 Å². The molecule has 1 aliphatic carbocycles. The predicted molar refractivity (Wildman–Crippen MR) is 120 cm³/mol. The number of alkyl carbamates (subject to hydrolysis) is 1. The molecule has 32 heavy (non-hydrogen) atoms. The van der Waals surface area contributed by atoms with Gasteiger partial charge in [-0.05, 0) is 59.6 Å². The summed E-state index contributed by atoms with van der Waals surface area (Å²) >= 11 is 1.44. The molecule has 9 nitrogen and oxygen atoms in total. The number of hydrogen-bond donors (Lipinski definition) is 1. The van der Waals surface area contributed by atoms with E-state index in [1.165, 1.54) is 11.8 Å².